The normalized spacial score (nSPS) is 24.6. The van der Waals surface area contributed by atoms with Crippen molar-refractivity contribution >= 4 is 17.7 Å². The van der Waals surface area contributed by atoms with Gasteiger partial charge in [-0.2, -0.15) is 0 Å². The van der Waals surface area contributed by atoms with E-state index in [1.54, 1.807) is 11.8 Å². The summed E-state index contributed by atoms with van der Waals surface area (Å²) in [7, 11) is 0. The molecule has 2 rings (SSSR count). The Balaban J connectivity index is 1.97. The van der Waals surface area contributed by atoms with Crippen LogP contribution in [0.25, 0.3) is 0 Å². The van der Waals surface area contributed by atoms with Crippen LogP contribution in [0.2, 0.25) is 0 Å². The van der Waals surface area contributed by atoms with Gasteiger partial charge in [-0.05, 0) is 43.4 Å². The highest BCUT2D eigenvalue weighted by Gasteiger charge is 2.20. The maximum Gasteiger partial charge on any atom is 0.307 e. The summed E-state index contributed by atoms with van der Waals surface area (Å²) in [5.74, 6) is -0.812. The molecule has 0 spiro atoms. The summed E-state index contributed by atoms with van der Waals surface area (Å²) >= 11 is 1.69. The Morgan fingerprint density at radius 2 is 1.80 bits per heavy atom. The van der Waals surface area contributed by atoms with Crippen LogP contribution in [0.3, 0.4) is 0 Å². The van der Waals surface area contributed by atoms with E-state index in [2.05, 4.69) is 12.2 Å². The maximum absolute atomic E-state index is 10.6. The fourth-order valence-electron chi connectivity index (χ4n) is 2.31. The van der Waals surface area contributed by atoms with E-state index in [4.69, 9.17) is 5.11 Å². The third-order valence-corrected chi connectivity index (χ3v) is 4.81. The first kappa shape index (κ1) is 15.1. The quantitative estimate of drug-likeness (QED) is 0.836. The molecule has 2 atom stereocenters. The molecule has 108 valence electrons. The average Bonchev–Trinajstić information content (AvgIpc) is 2.40. The maximum atomic E-state index is 10.6. The molecule has 0 heterocycles. The second-order valence-corrected chi connectivity index (χ2v) is 6.38. The number of carbonyl (C=O) groups is 1. The van der Waals surface area contributed by atoms with Gasteiger partial charge in [0, 0.05) is 10.1 Å². The second kappa shape index (κ2) is 7.50. The van der Waals surface area contributed by atoms with Crippen molar-refractivity contribution in [3.63, 3.8) is 0 Å². The van der Waals surface area contributed by atoms with E-state index in [1.807, 2.05) is 24.3 Å². The van der Waals surface area contributed by atoms with E-state index in [1.165, 1.54) is 0 Å². The molecular weight excluding hydrogens is 272 g/mol. The third-order valence-electron chi connectivity index (χ3n) is 3.41. The highest BCUT2D eigenvalue weighted by Crippen LogP contribution is 2.31. The predicted octanol–water partition coefficient (Wildman–Crippen LogP) is 3.27. The molecule has 2 unspecified atom stereocenters. The Bertz CT molecular complexity index is 467. The van der Waals surface area contributed by atoms with Gasteiger partial charge in [-0.15, -0.1) is 11.8 Å². The second-order valence-electron chi connectivity index (χ2n) is 5.06. The number of aliphatic carboxylic acids is 1. The lowest BCUT2D eigenvalue weighted by molar-refractivity contribution is -0.136. The van der Waals surface area contributed by atoms with Crippen molar-refractivity contribution in [2.45, 2.75) is 48.4 Å². The Kier molecular flexibility index (Phi) is 5.68. The van der Waals surface area contributed by atoms with Gasteiger partial charge in [0.1, 0.15) is 0 Å². The molecule has 0 aromatic heterocycles. The van der Waals surface area contributed by atoms with Crippen LogP contribution in [0, 0.1) is 0 Å². The summed E-state index contributed by atoms with van der Waals surface area (Å²) in [6, 6.07) is 7.60. The molecule has 0 saturated heterocycles. The molecule has 1 aromatic carbocycles. The van der Waals surface area contributed by atoms with Crippen molar-refractivity contribution in [2.24, 2.45) is 0 Å². The monoisotopic (exact) mass is 292 g/mol. The smallest absolute Gasteiger partial charge is 0.307 e. The van der Waals surface area contributed by atoms with E-state index in [0.29, 0.717) is 0 Å². The summed E-state index contributed by atoms with van der Waals surface area (Å²) in [5, 5.41) is 19.1. The Hall–Kier alpha value is -1.26. The first-order valence-electron chi connectivity index (χ1n) is 6.95. The van der Waals surface area contributed by atoms with E-state index >= 15 is 0 Å². The summed E-state index contributed by atoms with van der Waals surface area (Å²) in [6.07, 6.45) is 7.84. The molecule has 1 aromatic rings. The molecule has 1 aliphatic carbocycles. The van der Waals surface area contributed by atoms with Crippen LogP contribution in [0.15, 0.2) is 41.3 Å². The van der Waals surface area contributed by atoms with E-state index in [0.717, 1.165) is 36.1 Å². The van der Waals surface area contributed by atoms with Crippen LogP contribution in [-0.2, 0) is 11.2 Å². The van der Waals surface area contributed by atoms with Crippen molar-refractivity contribution in [1.82, 2.24) is 0 Å². The number of allylic oxidation sites excluding steroid dienone is 2. The van der Waals surface area contributed by atoms with Crippen LogP contribution in [0.5, 0.6) is 0 Å². The largest absolute Gasteiger partial charge is 0.481 e. The van der Waals surface area contributed by atoms with E-state index < -0.39 is 5.97 Å². The highest BCUT2D eigenvalue weighted by molar-refractivity contribution is 8.00. The molecule has 4 heteroatoms. The van der Waals surface area contributed by atoms with Gasteiger partial charge in [0.05, 0.1) is 12.5 Å². The summed E-state index contributed by atoms with van der Waals surface area (Å²) in [4.78, 5) is 11.7. The number of benzene rings is 1. The Labute approximate surface area is 123 Å². The lowest BCUT2D eigenvalue weighted by atomic mass is 10.0. The van der Waals surface area contributed by atoms with E-state index in [-0.39, 0.29) is 17.8 Å². The van der Waals surface area contributed by atoms with Crippen LogP contribution in [0.4, 0.5) is 0 Å². The number of thioether (sulfide) groups is 1. The van der Waals surface area contributed by atoms with Gasteiger partial charge in [-0.25, -0.2) is 0 Å². The minimum Gasteiger partial charge on any atom is -0.481 e. The zero-order chi connectivity index (χ0) is 14.4. The van der Waals surface area contributed by atoms with E-state index in [9.17, 15) is 9.90 Å². The van der Waals surface area contributed by atoms with Gasteiger partial charge in [-0.1, -0.05) is 24.3 Å². The third kappa shape index (κ3) is 4.69. The van der Waals surface area contributed by atoms with Crippen molar-refractivity contribution in [3.05, 3.63) is 42.0 Å². The van der Waals surface area contributed by atoms with Gasteiger partial charge in [0.15, 0.2) is 0 Å². The van der Waals surface area contributed by atoms with Gasteiger partial charge >= 0.3 is 5.97 Å². The predicted molar refractivity (Wildman–Crippen MR) is 81.0 cm³/mol. The lowest BCUT2D eigenvalue weighted by Gasteiger charge is -2.23. The first-order valence-corrected chi connectivity index (χ1v) is 7.83. The molecule has 0 saturated carbocycles. The summed E-state index contributed by atoms with van der Waals surface area (Å²) in [6.45, 7) is 0. The fraction of sp³-hybridized carbons (Fsp3) is 0.438. The molecular formula is C16H20O3S. The molecule has 0 amide bonds. The molecule has 2 N–H and O–H groups in total. The molecule has 20 heavy (non-hydrogen) atoms. The number of rotatable bonds is 4. The molecule has 0 aliphatic heterocycles. The molecule has 0 fully saturated rings. The number of hydrogen-bond acceptors (Lipinski definition) is 3. The summed E-state index contributed by atoms with van der Waals surface area (Å²) in [5.41, 5.74) is 0.808. The molecule has 0 radical (unpaired) electrons. The number of hydrogen-bond donors (Lipinski definition) is 2. The lowest BCUT2D eigenvalue weighted by Crippen LogP contribution is -2.23. The van der Waals surface area contributed by atoms with Crippen LogP contribution in [0.1, 0.15) is 31.2 Å². The van der Waals surface area contributed by atoms with Crippen LogP contribution >= 0.6 is 11.8 Å². The topological polar surface area (TPSA) is 57.5 Å². The van der Waals surface area contributed by atoms with Gasteiger partial charge < -0.3 is 10.2 Å². The number of carboxylic acid groups (broad SMARTS) is 1. The van der Waals surface area contributed by atoms with Crippen molar-refractivity contribution in [3.8, 4) is 0 Å². The fourth-order valence-corrected chi connectivity index (χ4v) is 3.50. The number of carboxylic acids is 1. The van der Waals surface area contributed by atoms with Gasteiger partial charge in [0.2, 0.25) is 0 Å². The van der Waals surface area contributed by atoms with Crippen molar-refractivity contribution in [2.75, 3.05) is 0 Å². The highest BCUT2D eigenvalue weighted by atomic mass is 32.2. The van der Waals surface area contributed by atoms with Crippen LogP contribution in [-0.4, -0.2) is 27.5 Å². The van der Waals surface area contributed by atoms with Crippen LogP contribution < -0.4 is 0 Å². The Morgan fingerprint density at radius 3 is 2.45 bits per heavy atom. The number of aliphatic hydroxyl groups is 1. The van der Waals surface area contributed by atoms with Gasteiger partial charge in [-0.3, -0.25) is 4.79 Å². The van der Waals surface area contributed by atoms with Crippen molar-refractivity contribution in [1.29, 1.82) is 0 Å². The molecule has 3 nitrogen and oxygen atoms in total. The molecule has 0 bridgehead atoms. The zero-order valence-electron chi connectivity index (χ0n) is 11.4. The minimum atomic E-state index is -0.812. The summed E-state index contributed by atoms with van der Waals surface area (Å²) < 4.78 is 0. The SMILES string of the molecule is O=C(O)Cc1ccc(SC2CC/C=C\CCC2O)cc1. The first-order chi connectivity index (χ1) is 9.65. The zero-order valence-corrected chi connectivity index (χ0v) is 12.2. The standard InChI is InChI=1S/C16H20O3S/c17-14-5-3-1-2-4-6-15(14)20-13-9-7-12(8-10-13)11-16(18)19/h1-2,7-10,14-15,17H,3-6,11H2,(H,18,19)/b2-1-. The van der Waals surface area contributed by atoms with Crippen molar-refractivity contribution < 1.29 is 15.0 Å². The van der Waals surface area contributed by atoms with Gasteiger partial charge in [0.25, 0.3) is 0 Å². The number of aliphatic hydroxyl groups excluding tert-OH is 1. The Morgan fingerprint density at radius 1 is 1.15 bits per heavy atom. The average molecular weight is 292 g/mol. The minimum absolute atomic E-state index is 0.0573. The molecule has 1 aliphatic rings.